The summed E-state index contributed by atoms with van der Waals surface area (Å²) in [5.41, 5.74) is 1.14. The minimum absolute atomic E-state index is 0.331. The van der Waals surface area contributed by atoms with Crippen molar-refractivity contribution in [3.05, 3.63) is 40.9 Å². The number of hydrogen-bond acceptors (Lipinski definition) is 2. The van der Waals surface area contributed by atoms with Crippen molar-refractivity contribution in [2.75, 3.05) is 19.0 Å². The maximum absolute atomic E-state index is 5.27. The van der Waals surface area contributed by atoms with Gasteiger partial charge in [-0.25, -0.2) is 0 Å². The standard InChI is InChI=1S/C16H20BrNO/c1-11(2)16(10-19-3)18-15-7-5-12-8-14(17)6-4-13(12)9-15/h4-9,11,16,18H,10H2,1-3H3. The molecule has 0 aliphatic heterocycles. The number of benzene rings is 2. The van der Waals surface area contributed by atoms with E-state index in [2.05, 4.69) is 71.5 Å². The quantitative estimate of drug-likeness (QED) is 0.862. The van der Waals surface area contributed by atoms with Gasteiger partial charge < -0.3 is 10.1 Å². The molecule has 0 aromatic heterocycles. The van der Waals surface area contributed by atoms with Crippen LogP contribution in [0.4, 0.5) is 5.69 Å². The van der Waals surface area contributed by atoms with Gasteiger partial charge in [0.05, 0.1) is 12.6 Å². The fraction of sp³-hybridized carbons (Fsp3) is 0.375. The summed E-state index contributed by atoms with van der Waals surface area (Å²) in [6.07, 6.45) is 0. The molecule has 0 saturated carbocycles. The third kappa shape index (κ3) is 3.71. The minimum atomic E-state index is 0.331. The Labute approximate surface area is 123 Å². The molecule has 0 heterocycles. The zero-order chi connectivity index (χ0) is 13.8. The number of nitrogens with one attached hydrogen (secondary N) is 1. The molecule has 19 heavy (non-hydrogen) atoms. The van der Waals surface area contributed by atoms with Crippen molar-refractivity contribution < 1.29 is 4.74 Å². The molecule has 0 spiro atoms. The van der Waals surface area contributed by atoms with Crippen molar-refractivity contribution in [1.82, 2.24) is 0 Å². The Balaban J connectivity index is 2.23. The van der Waals surface area contributed by atoms with E-state index < -0.39 is 0 Å². The van der Waals surface area contributed by atoms with Crippen molar-refractivity contribution in [3.8, 4) is 0 Å². The highest BCUT2D eigenvalue weighted by molar-refractivity contribution is 9.10. The molecular formula is C16H20BrNO. The molecule has 0 amide bonds. The molecule has 0 saturated heterocycles. The van der Waals surface area contributed by atoms with Crippen LogP contribution < -0.4 is 5.32 Å². The fourth-order valence-corrected chi connectivity index (χ4v) is 2.48. The fourth-order valence-electron chi connectivity index (χ4n) is 2.10. The lowest BCUT2D eigenvalue weighted by molar-refractivity contribution is 0.171. The van der Waals surface area contributed by atoms with Crippen molar-refractivity contribution in [2.24, 2.45) is 5.92 Å². The highest BCUT2D eigenvalue weighted by Gasteiger charge is 2.12. The van der Waals surface area contributed by atoms with E-state index in [1.54, 1.807) is 7.11 Å². The highest BCUT2D eigenvalue weighted by Crippen LogP contribution is 2.24. The smallest absolute Gasteiger partial charge is 0.0666 e. The van der Waals surface area contributed by atoms with E-state index in [1.165, 1.54) is 10.8 Å². The van der Waals surface area contributed by atoms with Gasteiger partial charge in [0.1, 0.15) is 0 Å². The number of methoxy groups -OCH3 is 1. The van der Waals surface area contributed by atoms with E-state index in [-0.39, 0.29) is 0 Å². The predicted molar refractivity (Wildman–Crippen MR) is 85.8 cm³/mol. The van der Waals surface area contributed by atoms with Crippen molar-refractivity contribution >= 4 is 32.4 Å². The lowest BCUT2D eigenvalue weighted by Gasteiger charge is -2.23. The summed E-state index contributed by atoms with van der Waals surface area (Å²) in [5.74, 6) is 0.528. The van der Waals surface area contributed by atoms with Crippen LogP contribution in [0.25, 0.3) is 10.8 Å². The molecule has 0 bridgehead atoms. The summed E-state index contributed by atoms with van der Waals surface area (Å²) < 4.78 is 6.38. The summed E-state index contributed by atoms with van der Waals surface area (Å²) in [6.45, 7) is 5.12. The SMILES string of the molecule is COCC(Nc1ccc2cc(Br)ccc2c1)C(C)C. The van der Waals surface area contributed by atoms with Gasteiger partial charge in [0, 0.05) is 17.3 Å². The topological polar surface area (TPSA) is 21.3 Å². The first-order valence-corrected chi connectivity index (χ1v) is 7.34. The van der Waals surface area contributed by atoms with Crippen LogP contribution in [0.2, 0.25) is 0 Å². The summed E-state index contributed by atoms with van der Waals surface area (Å²) in [7, 11) is 1.75. The third-order valence-electron chi connectivity index (χ3n) is 3.31. The Hall–Kier alpha value is -1.06. The molecule has 2 aromatic rings. The maximum atomic E-state index is 5.27. The maximum Gasteiger partial charge on any atom is 0.0666 e. The first-order chi connectivity index (χ1) is 9.10. The summed E-state index contributed by atoms with van der Waals surface area (Å²) in [4.78, 5) is 0. The van der Waals surface area contributed by atoms with Crippen LogP contribution in [-0.4, -0.2) is 19.8 Å². The van der Waals surface area contributed by atoms with Crippen LogP contribution >= 0.6 is 15.9 Å². The van der Waals surface area contributed by atoms with Crippen LogP contribution in [0.15, 0.2) is 40.9 Å². The van der Waals surface area contributed by atoms with Crippen molar-refractivity contribution in [2.45, 2.75) is 19.9 Å². The predicted octanol–water partition coefficient (Wildman–Crippen LogP) is 4.69. The Morgan fingerprint density at radius 2 is 1.79 bits per heavy atom. The molecule has 102 valence electrons. The average molecular weight is 322 g/mol. The first kappa shape index (κ1) is 14.4. The average Bonchev–Trinajstić information content (AvgIpc) is 2.38. The minimum Gasteiger partial charge on any atom is -0.383 e. The molecule has 1 N–H and O–H groups in total. The molecule has 2 aromatic carbocycles. The molecule has 0 aliphatic carbocycles. The molecule has 0 aliphatic rings. The third-order valence-corrected chi connectivity index (χ3v) is 3.80. The zero-order valence-corrected chi connectivity index (χ0v) is 13.2. The van der Waals surface area contributed by atoms with Gasteiger partial charge in [0.2, 0.25) is 0 Å². The van der Waals surface area contributed by atoms with Gasteiger partial charge in [-0.2, -0.15) is 0 Å². The van der Waals surface area contributed by atoms with Crippen LogP contribution in [0, 0.1) is 5.92 Å². The Morgan fingerprint density at radius 3 is 2.47 bits per heavy atom. The first-order valence-electron chi connectivity index (χ1n) is 6.55. The Bertz CT molecular complexity index is 553. The second-order valence-electron chi connectivity index (χ2n) is 5.16. The van der Waals surface area contributed by atoms with Crippen LogP contribution in [0.3, 0.4) is 0 Å². The second kappa shape index (κ2) is 6.40. The van der Waals surface area contributed by atoms with Gasteiger partial charge >= 0.3 is 0 Å². The molecule has 1 unspecified atom stereocenters. The van der Waals surface area contributed by atoms with E-state index in [0.717, 1.165) is 16.8 Å². The number of ether oxygens (including phenoxy) is 1. The van der Waals surface area contributed by atoms with E-state index in [4.69, 9.17) is 4.74 Å². The summed E-state index contributed by atoms with van der Waals surface area (Å²) >= 11 is 3.50. The van der Waals surface area contributed by atoms with E-state index in [1.807, 2.05) is 0 Å². The molecule has 3 heteroatoms. The Morgan fingerprint density at radius 1 is 1.11 bits per heavy atom. The largest absolute Gasteiger partial charge is 0.383 e. The monoisotopic (exact) mass is 321 g/mol. The number of rotatable bonds is 5. The van der Waals surface area contributed by atoms with E-state index in [9.17, 15) is 0 Å². The molecule has 0 fully saturated rings. The summed E-state index contributed by atoms with van der Waals surface area (Å²) in [5, 5.41) is 6.04. The molecule has 0 radical (unpaired) electrons. The zero-order valence-electron chi connectivity index (χ0n) is 11.6. The van der Waals surface area contributed by atoms with E-state index in [0.29, 0.717) is 12.0 Å². The normalized spacial score (nSPS) is 12.9. The van der Waals surface area contributed by atoms with Gasteiger partial charge in [0.15, 0.2) is 0 Å². The lowest BCUT2D eigenvalue weighted by Crippen LogP contribution is -2.30. The van der Waals surface area contributed by atoms with Crippen molar-refractivity contribution in [3.63, 3.8) is 0 Å². The van der Waals surface area contributed by atoms with E-state index >= 15 is 0 Å². The van der Waals surface area contributed by atoms with Gasteiger partial charge in [-0.3, -0.25) is 0 Å². The van der Waals surface area contributed by atoms with Gasteiger partial charge in [-0.1, -0.05) is 41.9 Å². The molecule has 2 nitrogen and oxygen atoms in total. The van der Waals surface area contributed by atoms with Crippen LogP contribution in [-0.2, 0) is 4.74 Å². The second-order valence-corrected chi connectivity index (χ2v) is 6.07. The Kier molecular flexibility index (Phi) is 4.83. The summed E-state index contributed by atoms with van der Waals surface area (Å²) in [6, 6.07) is 13.1. The molecule has 1 atom stereocenters. The molecular weight excluding hydrogens is 302 g/mol. The van der Waals surface area contributed by atoms with Crippen LogP contribution in [0.5, 0.6) is 0 Å². The molecule has 2 rings (SSSR count). The highest BCUT2D eigenvalue weighted by atomic mass is 79.9. The number of anilines is 1. The van der Waals surface area contributed by atoms with Crippen LogP contribution in [0.1, 0.15) is 13.8 Å². The lowest BCUT2D eigenvalue weighted by atomic mass is 10.0. The van der Waals surface area contributed by atoms with Crippen molar-refractivity contribution in [1.29, 1.82) is 0 Å². The number of halogens is 1. The van der Waals surface area contributed by atoms with Gasteiger partial charge in [0.25, 0.3) is 0 Å². The number of fused-ring (bicyclic) bond motifs is 1. The number of hydrogen-bond donors (Lipinski definition) is 1. The van der Waals surface area contributed by atoms with Gasteiger partial charge in [-0.15, -0.1) is 0 Å². The van der Waals surface area contributed by atoms with Gasteiger partial charge in [-0.05, 0) is 41.0 Å².